The highest BCUT2D eigenvalue weighted by atomic mass is 16.5. The molecule has 2 rings (SSSR count). The smallest absolute Gasteiger partial charge is 0.243 e. The number of likely N-dealkylation sites (N-methyl/N-ethyl adjacent to an activating group) is 1. The molecule has 0 saturated carbocycles. The summed E-state index contributed by atoms with van der Waals surface area (Å²) >= 11 is 0. The summed E-state index contributed by atoms with van der Waals surface area (Å²) in [4.78, 5) is 6.69. The molecule has 1 saturated heterocycles. The van der Waals surface area contributed by atoms with Crippen LogP contribution in [0.5, 0.6) is 0 Å². The molecule has 1 aliphatic heterocycles. The minimum Gasteiger partial charge on any atom is -0.385 e. The van der Waals surface area contributed by atoms with Crippen molar-refractivity contribution in [2.75, 3.05) is 40.0 Å². The first kappa shape index (κ1) is 15.4. The Morgan fingerprint density at radius 2 is 2.40 bits per heavy atom. The lowest BCUT2D eigenvalue weighted by atomic mass is 10.2. The number of nitrogens with zero attached hydrogens (tertiary/aromatic N) is 3. The molecule has 20 heavy (non-hydrogen) atoms. The lowest BCUT2D eigenvalue weighted by Gasteiger charge is -2.30. The zero-order chi connectivity index (χ0) is 14.4. The van der Waals surface area contributed by atoms with Crippen molar-refractivity contribution in [2.45, 2.75) is 31.9 Å². The van der Waals surface area contributed by atoms with Crippen molar-refractivity contribution in [3.63, 3.8) is 0 Å². The zero-order valence-electron chi connectivity index (χ0n) is 12.2. The van der Waals surface area contributed by atoms with Gasteiger partial charge >= 0.3 is 0 Å². The minimum absolute atomic E-state index is 0.118. The van der Waals surface area contributed by atoms with Gasteiger partial charge in [-0.05, 0) is 19.4 Å². The van der Waals surface area contributed by atoms with Crippen LogP contribution >= 0.6 is 0 Å². The molecule has 0 aliphatic carbocycles. The Hall–Kier alpha value is -1.02. The van der Waals surface area contributed by atoms with Gasteiger partial charge in [0.25, 0.3) is 0 Å². The van der Waals surface area contributed by atoms with Gasteiger partial charge in [-0.15, -0.1) is 0 Å². The molecule has 2 atom stereocenters. The lowest BCUT2D eigenvalue weighted by molar-refractivity contribution is -0.0334. The van der Waals surface area contributed by atoms with Gasteiger partial charge < -0.3 is 19.7 Å². The van der Waals surface area contributed by atoms with Crippen LogP contribution in [0.25, 0.3) is 0 Å². The number of nitrogens with two attached hydrogens (primary N) is 1. The Balaban J connectivity index is 1.90. The topological polar surface area (TPSA) is 86.6 Å². The van der Waals surface area contributed by atoms with Crippen molar-refractivity contribution in [1.82, 2.24) is 15.0 Å². The van der Waals surface area contributed by atoms with Gasteiger partial charge in [-0.3, -0.25) is 4.90 Å². The van der Waals surface area contributed by atoms with Crippen LogP contribution in [0.1, 0.15) is 43.6 Å². The third-order valence-corrected chi connectivity index (χ3v) is 3.52. The lowest BCUT2D eigenvalue weighted by Crippen LogP contribution is -2.38. The third kappa shape index (κ3) is 3.99. The van der Waals surface area contributed by atoms with Crippen LogP contribution in [0.3, 0.4) is 0 Å². The second-order valence-corrected chi connectivity index (χ2v) is 4.98. The number of methoxy groups -OCH3 is 1. The van der Waals surface area contributed by atoms with E-state index < -0.39 is 0 Å². The molecule has 0 bridgehead atoms. The summed E-state index contributed by atoms with van der Waals surface area (Å²) < 4.78 is 16.0. The summed E-state index contributed by atoms with van der Waals surface area (Å²) in [6, 6.07) is -0.239. The maximum absolute atomic E-state index is 6.03. The fourth-order valence-electron chi connectivity index (χ4n) is 2.25. The summed E-state index contributed by atoms with van der Waals surface area (Å²) in [5.74, 6) is 1.08. The molecule has 0 radical (unpaired) electrons. The largest absolute Gasteiger partial charge is 0.385 e. The molecule has 1 aromatic heterocycles. The minimum atomic E-state index is -0.239. The molecule has 2 heterocycles. The SMILES string of the molecule is CCN1CCOC(c2noc(C(N)CCCOC)n2)C1. The summed E-state index contributed by atoms with van der Waals surface area (Å²) in [6.45, 7) is 6.27. The Bertz CT molecular complexity index is 399. The first-order chi connectivity index (χ1) is 9.74. The molecule has 7 nitrogen and oxygen atoms in total. The zero-order valence-corrected chi connectivity index (χ0v) is 12.2. The number of hydrogen-bond donors (Lipinski definition) is 1. The molecular weight excluding hydrogens is 260 g/mol. The van der Waals surface area contributed by atoms with Crippen molar-refractivity contribution in [1.29, 1.82) is 0 Å². The number of morpholine rings is 1. The van der Waals surface area contributed by atoms with Crippen molar-refractivity contribution < 1.29 is 14.0 Å². The highest BCUT2D eigenvalue weighted by molar-refractivity contribution is 4.97. The fraction of sp³-hybridized carbons (Fsp3) is 0.846. The van der Waals surface area contributed by atoms with Crippen LogP contribution in [-0.4, -0.2) is 55.0 Å². The third-order valence-electron chi connectivity index (χ3n) is 3.52. The van der Waals surface area contributed by atoms with E-state index in [0.29, 0.717) is 24.9 Å². The van der Waals surface area contributed by atoms with Crippen molar-refractivity contribution in [2.24, 2.45) is 5.73 Å². The highest BCUT2D eigenvalue weighted by Crippen LogP contribution is 2.22. The molecule has 1 fully saturated rings. The van der Waals surface area contributed by atoms with Gasteiger partial charge in [-0.25, -0.2) is 0 Å². The molecule has 2 N–H and O–H groups in total. The van der Waals surface area contributed by atoms with Crippen LogP contribution < -0.4 is 5.73 Å². The molecule has 7 heteroatoms. The van der Waals surface area contributed by atoms with E-state index in [1.165, 1.54) is 0 Å². The normalized spacial score (nSPS) is 22.1. The van der Waals surface area contributed by atoms with E-state index in [1.54, 1.807) is 7.11 Å². The van der Waals surface area contributed by atoms with Gasteiger partial charge in [0.05, 0.1) is 12.6 Å². The number of rotatable bonds is 7. The van der Waals surface area contributed by atoms with Crippen molar-refractivity contribution in [3.8, 4) is 0 Å². The number of aromatic nitrogens is 2. The highest BCUT2D eigenvalue weighted by Gasteiger charge is 2.26. The van der Waals surface area contributed by atoms with E-state index in [1.807, 2.05) is 0 Å². The van der Waals surface area contributed by atoms with Gasteiger partial charge in [0.2, 0.25) is 11.7 Å². The monoisotopic (exact) mass is 284 g/mol. The average Bonchev–Trinajstić information content (AvgIpc) is 2.97. The van der Waals surface area contributed by atoms with Crippen LogP contribution in [-0.2, 0) is 9.47 Å². The van der Waals surface area contributed by atoms with E-state index in [4.69, 9.17) is 19.7 Å². The van der Waals surface area contributed by atoms with Gasteiger partial charge in [-0.2, -0.15) is 4.98 Å². The van der Waals surface area contributed by atoms with Gasteiger partial charge in [-0.1, -0.05) is 12.1 Å². The predicted molar refractivity (Wildman–Crippen MR) is 73.1 cm³/mol. The quantitative estimate of drug-likeness (QED) is 0.744. The van der Waals surface area contributed by atoms with Gasteiger partial charge in [0.15, 0.2) is 0 Å². The Kier molecular flexibility index (Phi) is 5.90. The Labute approximate surface area is 119 Å². The molecule has 0 aromatic carbocycles. The Morgan fingerprint density at radius 3 is 3.15 bits per heavy atom. The summed E-state index contributed by atoms with van der Waals surface area (Å²) in [5, 5.41) is 4.01. The van der Waals surface area contributed by atoms with Crippen molar-refractivity contribution >= 4 is 0 Å². The van der Waals surface area contributed by atoms with Gasteiger partial charge in [0.1, 0.15) is 6.10 Å². The second-order valence-electron chi connectivity index (χ2n) is 4.98. The average molecular weight is 284 g/mol. The number of ether oxygens (including phenoxy) is 2. The molecule has 0 spiro atoms. The first-order valence-electron chi connectivity index (χ1n) is 7.16. The van der Waals surface area contributed by atoms with Crippen LogP contribution in [0.4, 0.5) is 0 Å². The summed E-state index contributed by atoms with van der Waals surface area (Å²) in [6.07, 6.45) is 1.52. The summed E-state index contributed by atoms with van der Waals surface area (Å²) in [7, 11) is 1.68. The first-order valence-corrected chi connectivity index (χ1v) is 7.16. The molecule has 1 aromatic rings. The predicted octanol–water partition coefficient (Wildman–Crippen LogP) is 0.889. The molecular formula is C13H24N4O3. The molecule has 1 aliphatic rings. The summed E-state index contributed by atoms with van der Waals surface area (Å²) in [5.41, 5.74) is 6.03. The van der Waals surface area contributed by atoms with Crippen LogP contribution in [0, 0.1) is 0 Å². The second kappa shape index (κ2) is 7.68. The van der Waals surface area contributed by atoms with E-state index in [0.717, 1.165) is 32.5 Å². The standard InChI is InChI=1S/C13H24N4O3/c1-3-17-6-8-19-11(9-17)12-15-13(20-16-12)10(14)5-4-7-18-2/h10-11H,3-9,14H2,1-2H3. The maximum Gasteiger partial charge on any atom is 0.243 e. The molecule has 2 unspecified atom stereocenters. The van der Waals surface area contributed by atoms with E-state index in [9.17, 15) is 0 Å². The van der Waals surface area contributed by atoms with Crippen molar-refractivity contribution in [3.05, 3.63) is 11.7 Å². The maximum atomic E-state index is 6.03. The molecule has 114 valence electrons. The van der Waals surface area contributed by atoms with Crippen LogP contribution in [0.2, 0.25) is 0 Å². The Morgan fingerprint density at radius 1 is 1.55 bits per heavy atom. The fourth-order valence-corrected chi connectivity index (χ4v) is 2.25. The van der Waals surface area contributed by atoms with E-state index in [2.05, 4.69) is 22.0 Å². The van der Waals surface area contributed by atoms with Gasteiger partial charge in [0, 0.05) is 26.8 Å². The molecule has 0 amide bonds. The van der Waals surface area contributed by atoms with Crippen LogP contribution in [0.15, 0.2) is 4.52 Å². The van der Waals surface area contributed by atoms with E-state index in [-0.39, 0.29) is 12.1 Å². The number of hydrogen-bond acceptors (Lipinski definition) is 7. The van der Waals surface area contributed by atoms with E-state index >= 15 is 0 Å².